The van der Waals surface area contributed by atoms with Gasteiger partial charge in [-0.05, 0) is 44.0 Å². The Bertz CT molecular complexity index is 789. The summed E-state index contributed by atoms with van der Waals surface area (Å²) in [7, 11) is 0. The lowest BCUT2D eigenvalue weighted by Gasteiger charge is -2.39. The first kappa shape index (κ1) is 16.4. The van der Waals surface area contributed by atoms with Crippen LogP contribution in [0.25, 0.3) is 0 Å². The minimum absolute atomic E-state index is 0.0434. The van der Waals surface area contributed by atoms with Crippen LogP contribution in [0.5, 0.6) is 0 Å². The van der Waals surface area contributed by atoms with E-state index in [4.69, 9.17) is 0 Å². The average Bonchev–Trinajstić information content (AvgIpc) is 3.22. The summed E-state index contributed by atoms with van der Waals surface area (Å²) in [5, 5.41) is 0.669. The zero-order chi connectivity index (χ0) is 16.9. The third-order valence-electron chi connectivity index (χ3n) is 4.60. The minimum Gasteiger partial charge on any atom is -0.325 e. The van der Waals surface area contributed by atoms with Crippen molar-refractivity contribution < 1.29 is 9.35 Å². The molecule has 5 nitrogen and oxygen atoms in total. The van der Waals surface area contributed by atoms with E-state index in [2.05, 4.69) is 20.9 Å². The Balaban J connectivity index is 1.69. The van der Waals surface area contributed by atoms with E-state index >= 15 is 0 Å². The minimum atomic E-state index is -0.0434. The number of hydrogen-bond donors (Lipinski definition) is 1. The Labute approximate surface area is 157 Å². The van der Waals surface area contributed by atoms with E-state index in [1.165, 1.54) is 11.3 Å². The van der Waals surface area contributed by atoms with E-state index in [1.807, 2.05) is 36.1 Å². The SMILES string of the molecule is Cc1nc(N2CC3(CC3)CN(c3ccc(Br)cc3)C2=O)sc1SO. The van der Waals surface area contributed by atoms with Gasteiger partial charge >= 0.3 is 6.03 Å². The second-order valence-electron chi connectivity index (χ2n) is 6.39. The molecule has 0 unspecified atom stereocenters. The molecule has 8 heteroatoms. The summed E-state index contributed by atoms with van der Waals surface area (Å²) in [6.07, 6.45) is 2.27. The van der Waals surface area contributed by atoms with Crippen LogP contribution in [0, 0.1) is 12.3 Å². The summed E-state index contributed by atoms with van der Waals surface area (Å²) in [6.45, 7) is 3.32. The first-order chi connectivity index (χ1) is 11.5. The fraction of sp³-hybridized carbons (Fsp3) is 0.375. The maximum absolute atomic E-state index is 13.1. The quantitative estimate of drug-likeness (QED) is 0.702. The van der Waals surface area contributed by atoms with E-state index in [0.717, 1.165) is 39.4 Å². The van der Waals surface area contributed by atoms with E-state index in [0.29, 0.717) is 23.7 Å². The Hall–Kier alpha value is -1.09. The normalized spacial score (nSPS) is 19.2. The van der Waals surface area contributed by atoms with Crippen molar-refractivity contribution in [1.29, 1.82) is 0 Å². The Morgan fingerprint density at radius 3 is 2.50 bits per heavy atom. The third-order valence-corrected chi connectivity index (χ3v) is 7.04. The van der Waals surface area contributed by atoms with Gasteiger partial charge in [-0.1, -0.05) is 27.3 Å². The number of thiazole rings is 1. The summed E-state index contributed by atoms with van der Waals surface area (Å²) in [5.41, 5.74) is 1.85. The van der Waals surface area contributed by atoms with E-state index < -0.39 is 0 Å². The number of aromatic nitrogens is 1. The summed E-state index contributed by atoms with van der Waals surface area (Å²) in [4.78, 5) is 21.2. The number of aryl methyl sites for hydroxylation is 1. The molecule has 1 saturated carbocycles. The molecule has 126 valence electrons. The van der Waals surface area contributed by atoms with Gasteiger partial charge in [0.2, 0.25) is 0 Å². The zero-order valence-electron chi connectivity index (χ0n) is 13.0. The van der Waals surface area contributed by atoms with E-state index in [9.17, 15) is 9.35 Å². The van der Waals surface area contributed by atoms with Crippen LogP contribution in [-0.4, -0.2) is 28.7 Å². The van der Waals surface area contributed by atoms with Crippen molar-refractivity contribution in [1.82, 2.24) is 4.98 Å². The molecule has 1 N–H and O–H groups in total. The summed E-state index contributed by atoms with van der Waals surface area (Å²) >= 11 is 5.50. The van der Waals surface area contributed by atoms with Crippen LogP contribution in [0.15, 0.2) is 32.9 Å². The highest BCUT2D eigenvalue weighted by atomic mass is 79.9. The van der Waals surface area contributed by atoms with Crippen molar-refractivity contribution in [2.24, 2.45) is 5.41 Å². The number of nitrogens with zero attached hydrogens (tertiary/aromatic N) is 3. The van der Waals surface area contributed by atoms with Crippen LogP contribution in [0.1, 0.15) is 18.5 Å². The maximum atomic E-state index is 13.1. The molecular weight excluding hydrogens is 410 g/mol. The smallest absolute Gasteiger partial charge is 0.325 e. The molecule has 1 aliphatic carbocycles. The average molecular weight is 426 g/mol. The zero-order valence-corrected chi connectivity index (χ0v) is 16.2. The molecule has 1 aromatic heterocycles. The highest BCUT2D eigenvalue weighted by Gasteiger charge is 2.52. The van der Waals surface area contributed by atoms with Crippen LogP contribution >= 0.6 is 39.3 Å². The number of anilines is 2. The molecule has 0 atom stereocenters. The molecule has 1 saturated heterocycles. The van der Waals surface area contributed by atoms with Crippen LogP contribution < -0.4 is 9.80 Å². The Kier molecular flexibility index (Phi) is 4.11. The fourth-order valence-corrected chi connectivity index (χ4v) is 4.65. The number of rotatable bonds is 3. The molecule has 1 aromatic carbocycles. The van der Waals surface area contributed by atoms with Crippen molar-refractivity contribution in [2.75, 3.05) is 22.9 Å². The number of benzene rings is 1. The molecule has 4 rings (SSSR count). The van der Waals surface area contributed by atoms with E-state index in [-0.39, 0.29) is 11.4 Å². The number of halogens is 1. The lowest BCUT2D eigenvalue weighted by molar-refractivity contribution is 0.243. The first-order valence-corrected chi connectivity index (χ1v) is 10.0. The monoisotopic (exact) mass is 425 g/mol. The van der Waals surface area contributed by atoms with Crippen LogP contribution in [0.2, 0.25) is 0 Å². The van der Waals surface area contributed by atoms with Gasteiger partial charge in [0, 0.05) is 40.7 Å². The van der Waals surface area contributed by atoms with Crippen molar-refractivity contribution >= 4 is 56.2 Å². The van der Waals surface area contributed by atoms with Gasteiger partial charge in [0.25, 0.3) is 0 Å². The molecule has 2 aliphatic rings. The number of hydrogen-bond acceptors (Lipinski definition) is 5. The summed E-state index contributed by atoms with van der Waals surface area (Å²) in [6, 6.07) is 7.79. The largest absolute Gasteiger partial charge is 0.330 e. The predicted octanol–water partition coefficient (Wildman–Crippen LogP) is 5.01. The lowest BCUT2D eigenvalue weighted by atomic mass is 10.0. The van der Waals surface area contributed by atoms with Gasteiger partial charge in [-0.3, -0.25) is 9.80 Å². The molecule has 2 amide bonds. The number of carbonyl (C=O) groups excluding carboxylic acids is 1. The van der Waals surface area contributed by atoms with Gasteiger partial charge in [-0.25, -0.2) is 9.78 Å². The Morgan fingerprint density at radius 2 is 1.92 bits per heavy atom. The fourth-order valence-electron chi connectivity index (χ4n) is 3.04. The molecule has 2 aromatic rings. The molecule has 0 bridgehead atoms. The topological polar surface area (TPSA) is 56.7 Å². The van der Waals surface area contributed by atoms with Gasteiger partial charge in [0.15, 0.2) is 5.13 Å². The standard InChI is InChI=1S/C16H16BrN3O2S2/c1-10-13(24-22)23-14(18-10)20-9-16(6-7-16)8-19(15(20)21)12-4-2-11(17)3-5-12/h2-5,22H,6-9H2,1H3. The molecule has 1 aliphatic heterocycles. The maximum Gasteiger partial charge on any atom is 0.330 e. The second-order valence-corrected chi connectivity index (χ2v) is 9.13. The highest BCUT2D eigenvalue weighted by molar-refractivity contribution is 9.10. The molecule has 0 radical (unpaired) electrons. The molecule has 24 heavy (non-hydrogen) atoms. The van der Waals surface area contributed by atoms with Crippen LogP contribution in [0.3, 0.4) is 0 Å². The number of carbonyl (C=O) groups is 1. The van der Waals surface area contributed by atoms with Crippen LogP contribution in [-0.2, 0) is 0 Å². The molecular formula is C16H16BrN3O2S2. The summed E-state index contributed by atoms with van der Waals surface area (Å²) in [5.74, 6) is 0. The second kappa shape index (κ2) is 6.01. The van der Waals surface area contributed by atoms with Crippen LogP contribution in [0.4, 0.5) is 15.6 Å². The lowest BCUT2D eigenvalue weighted by Crippen LogP contribution is -2.55. The molecule has 2 fully saturated rings. The Morgan fingerprint density at radius 1 is 1.25 bits per heavy atom. The molecule has 2 heterocycles. The van der Waals surface area contributed by atoms with E-state index in [1.54, 1.807) is 4.90 Å². The van der Waals surface area contributed by atoms with Crippen molar-refractivity contribution in [3.8, 4) is 0 Å². The van der Waals surface area contributed by atoms with Gasteiger partial charge in [-0.15, -0.1) is 0 Å². The van der Waals surface area contributed by atoms with Gasteiger partial charge in [0.05, 0.1) is 5.69 Å². The van der Waals surface area contributed by atoms with Crippen molar-refractivity contribution in [3.63, 3.8) is 0 Å². The highest BCUT2D eigenvalue weighted by Crippen LogP contribution is 2.51. The first-order valence-electron chi connectivity index (χ1n) is 7.65. The third kappa shape index (κ3) is 2.85. The van der Waals surface area contributed by atoms with Crippen molar-refractivity contribution in [2.45, 2.75) is 24.0 Å². The van der Waals surface area contributed by atoms with Crippen molar-refractivity contribution in [3.05, 3.63) is 34.4 Å². The number of amides is 2. The summed E-state index contributed by atoms with van der Waals surface area (Å²) < 4.78 is 11.1. The van der Waals surface area contributed by atoms with Gasteiger partial charge in [-0.2, -0.15) is 0 Å². The van der Waals surface area contributed by atoms with Gasteiger partial charge < -0.3 is 4.55 Å². The number of urea groups is 1. The molecule has 1 spiro atoms. The van der Waals surface area contributed by atoms with Gasteiger partial charge in [0.1, 0.15) is 4.21 Å². The predicted molar refractivity (Wildman–Crippen MR) is 101 cm³/mol.